The Bertz CT molecular complexity index is 511. The molecule has 1 fully saturated rings. The van der Waals surface area contributed by atoms with Crippen LogP contribution >= 0.6 is 11.6 Å². The minimum Gasteiger partial charge on any atom is -0.463 e. The number of halogens is 1. The minimum atomic E-state index is -0.398. The van der Waals surface area contributed by atoms with E-state index in [2.05, 4.69) is 10.5 Å². The molecule has 1 aromatic carbocycles. The van der Waals surface area contributed by atoms with Gasteiger partial charge in [-0.15, -0.1) is 0 Å². The molecule has 0 aliphatic carbocycles. The molecular weight excluding hydrogens is 304 g/mol. The van der Waals surface area contributed by atoms with E-state index in [4.69, 9.17) is 21.2 Å². The molecule has 1 heterocycles. The lowest BCUT2D eigenvalue weighted by Gasteiger charge is -2.10. The fourth-order valence-corrected chi connectivity index (χ4v) is 2.41. The lowest BCUT2D eigenvalue weighted by Crippen LogP contribution is -2.24. The second-order valence-corrected chi connectivity index (χ2v) is 5.70. The maximum Gasteiger partial charge on any atom is 0.347 e. The highest BCUT2D eigenvalue weighted by Crippen LogP contribution is 2.10. The van der Waals surface area contributed by atoms with Crippen LogP contribution in [0, 0.1) is 0 Å². The van der Waals surface area contributed by atoms with Crippen LogP contribution in [0.3, 0.4) is 0 Å². The van der Waals surface area contributed by atoms with Gasteiger partial charge in [0.15, 0.2) is 0 Å². The van der Waals surface area contributed by atoms with Crippen LogP contribution in [0.4, 0.5) is 0 Å². The molecule has 5 nitrogen and oxygen atoms in total. The van der Waals surface area contributed by atoms with Crippen molar-refractivity contribution in [3.63, 3.8) is 0 Å². The van der Waals surface area contributed by atoms with Gasteiger partial charge in [-0.05, 0) is 50.4 Å². The van der Waals surface area contributed by atoms with Crippen LogP contribution in [-0.4, -0.2) is 37.5 Å². The Hall–Kier alpha value is -1.59. The number of rotatable bonds is 7. The van der Waals surface area contributed by atoms with E-state index in [0.717, 1.165) is 24.9 Å². The third-order valence-electron chi connectivity index (χ3n) is 3.54. The average molecular weight is 325 g/mol. The fourth-order valence-electron chi connectivity index (χ4n) is 2.29. The molecule has 120 valence electrons. The molecule has 0 radical (unpaired) electrons. The van der Waals surface area contributed by atoms with Gasteiger partial charge in [0.1, 0.15) is 0 Å². The van der Waals surface area contributed by atoms with Crippen LogP contribution in [0.5, 0.6) is 0 Å². The molecule has 1 aliphatic rings. The average Bonchev–Trinajstić information content (AvgIpc) is 3.01. The van der Waals surface area contributed by atoms with Gasteiger partial charge in [-0.2, -0.15) is 0 Å². The second kappa shape index (κ2) is 8.76. The number of oxime groups is 1. The molecule has 1 aliphatic heterocycles. The maximum absolute atomic E-state index is 11.5. The Morgan fingerprint density at radius 3 is 2.86 bits per heavy atom. The summed E-state index contributed by atoms with van der Waals surface area (Å²) in [5, 5.41) is 7.93. The third-order valence-corrected chi connectivity index (χ3v) is 3.79. The van der Waals surface area contributed by atoms with Crippen LogP contribution in [0.25, 0.3) is 0 Å². The van der Waals surface area contributed by atoms with E-state index in [1.54, 1.807) is 19.1 Å². The lowest BCUT2D eigenvalue weighted by atomic mass is 10.1. The summed E-state index contributed by atoms with van der Waals surface area (Å²) in [5.74, 6) is -0.398. The topological polar surface area (TPSA) is 59.9 Å². The molecule has 1 atom stereocenters. The summed E-state index contributed by atoms with van der Waals surface area (Å²) in [4.78, 5) is 16.6. The normalized spacial score (nSPS) is 18.3. The van der Waals surface area contributed by atoms with E-state index >= 15 is 0 Å². The van der Waals surface area contributed by atoms with E-state index in [9.17, 15) is 4.79 Å². The molecule has 6 heteroatoms. The standard InChI is InChI=1S/C16H21ClN2O3/c1-12(13-4-6-14(17)7-5-13)19-22-11-16(20)21-10-8-15-3-2-9-18-15/h4-7,15,18H,2-3,8-11H2,1H3. The summed E-state index contributed by atoms with van der Waals surface area (Å²) < 4.78 is 5.12. The van der Waals surface area contributed by atoms with Gasteiger partial charge >= 0.3 is 5.97 Å². The van der Waals surface area contributed by atoms with Crippen LogP contribution in [0.1, 0.15) is 31.7 Å². The summed E-state index contributed by atoms with van der Waals surface area (Å²) in [7, 11) is 0. The molecule has 1 aromatic rings. The van der Waals surface area contributed by atoms with Gasteiger partial charge in [0.25, 0.3) is 0 Å². The van der Waals surface area contributed by atoms with Crippen molar-refractivity contribution in [2.75, 3.05) is 19.8 Å². The first-order valence-corrected chi connectivity index (χ1v) is 7.84. The van der Waals surface area contributed by atoms with Crippen molar-refractivity contribution >= 4 is 23.3 Å². The van der Waals surface area contributed by atoms with Crippen LogP contribution < -0.4 is 5.32 Å². The molecule has 1 saturated heterocycles. The molecule has 0 saturated carbocycles. The number of carbonyl (C=O) groups excluding carboxylic acids is 1. The molecule has 1 unspecified atom stereocenters. The van der Waals surface area contributed by atoms with Crippen molar-refractivity contribution in [1.29, 1.82) is 0 Å². The van der Waals surface area contributed by atoms with Crippen molar-refractivity contribution in [3.05, 3.63) is 34.9 Å². The van der Waals surface area contributed by atoms with Crippen LogP contribution in [0.15, 0.2) is 29.4 Å². The van der Waals surface area contributed by atoms with Crippen LogP contribution in [0.2, 0.25) is 5.02 Å². The van der Waals surface area contributed by atoms with Crippen molar-refractivity contribution in [3.8, 4) is 0 Å². The van der Waals surface area contributed by atoms with Gasteiger partial charge in [-0.25, -0.2) is 4.79 Å². The highest BCUT2D eigenvalue weighted by atomic mass is 35.5. The zero-order valence-electron chi connectivity index (χ0n) is 12.7. The first kappa shape index (κ1) is 16.8. The largest absolute Gasteiger partial charge is 0.463 e. The molecular formula is C16H21ClN2O3. The smallest absolute Gasteiger partial charge is 0.347 e. The number of ether oxygens (including phenoxy) is 1. The highest BCUT2D eigenvalue weighted by molar-refractivity contribution is 6.30. The molecule has 1 N–H and O–H groups in total. The highest BCUT2D eigenvalue weighted by Gasteiger charge is 2.14. The molecule has 22 heavy (non-hydrogen) atoms. The number of nitrogens with one attached hydrogen (secondary N) is 1. The number of esters is 1. The monoisotopic (exact) mass is 324 g/mol. The summed E-state index contributed by atoms with van der Waals surface area (Å²) >= 11 is 5.82. The Morgan fingerprint density at radius 2 is 2.18 bits per heavy atom. The SMILES string of the molecule is CC(=NOCC(=O)OCCC1CCCN1)c1ccc(Cl)cc1. The number of benzene rings is 1. The van der Waals surface area contributed by atoms with E-state index in [0.29, 0.717) is 23.4 Å². The Morgan fingerprint density at radius 1 is 1.41 bits per heavy atom. The van der Waals surface area contributed by atoms with Crippen molar-refractivity contribution in [2.45, 2.75) is 32.2 Å². The van der Waals surface area contributed by atoms with Gasteiger partial charge < -0.3 is 14.9 Å². The Kier molecular flexibility index (Phi) is 6.68. The van der Waals surface area contributed by atoms with E-state index in [1.807, 2.05) is 12.1 Å². The first-order valence-electron chi connectivity index (χ1n) is 7.46. The minimum absolute atomic E-state index is 0.178. The zero-order valence-corrected chi connectivity index (χ0v) is 13.4. The van der Waals surface area contributed by atoms with Crippen molar-refractivity contribution < 1.29 is 14.4 Å². The number of hydrogen-bond acceptors (Lipinski definition) is 5. The molecule has 0 spiro atoms. The maximum atomic E-state index is 11.5. The zero-order chi connectivity index (χ0) is 15.8. The van der Waals surface area contributed by atoms with Gasteiger partial charge in [-0.3, -0.25) is 0 Å². The predicted molar refractivity (Wildman–Crippen MR) is 86.2 cm³/mol. The molecule has 0 amide bonds. The lowest BCUT2D eigenvalue weighted by molar-refractivity contribution is -0.149. The van der Waals surface area contributed by atoms with Gasteiger partial charge in [0.2, 0.25) is 6.61 Å². The summed E-state index contributed by atoms with van der Waals surface area (Å²) in [6.07, 6.45) is 3.19. The van der Waals surface area contributed by atoms with E-state index in [1.165, 1.54) is 6.42 Å². The molecule has 2 rings (SSSR count). The van der Waals surface area contributed by atoms with Gasteiger partial charge in [-0.1, -0.05) is 28.9 Å². The molecule has 0 aromatic heterocycles. The third kappa shape index (κ3) is 5.66. The fraction of sp³-hybridized carbons (Fsp3) is 0.500. The number of carbonyl (C=O) groups is 1. The Labute approximate surface area is 135 Å². The number of hydrogen-bond donors (Lipinski definition) is 1. The van der Waals surface area contributed by atoms with Crippen LogP contribution in [-0.2, 0) is 14.4 Å². The number of nitrogens with zero attached hydrogens (tertiary/aromatic N) is 1. The van der Waals surface area contributed by atoms with Crippen molar-refractivity contribution in [2.24, 2.45) is 5.16 Å². The first-order chi connectivity index (χ1) is 10.6. The quantitative estimate of drug-likeness (QED) is 0.476. The van der Waals surface area contributed by atoms with Gasteiger partial charge in [0.05, 0.1) is 12.3 Å². The van der Waals surface area contributed by atoms with E-state index < -0.39 is 5.97 Å². The Balaban J connectivity index is 1.64. The van der Waals surface area contributed by atoms with E-state index in [-0.39, 0.29) is 6.61 Å². The molecule has 0 bridgehead atoms. The summed E-state index contributed by atoms with van der Waals surface area (Å²) in [5.41, 5.74) is 1.57. The van der Waals surface area contributed by atoms with Gasteiger partial charge in [0, 0.05) is 11.1 Å². The summed E-state index contributed by atoms with van der Waals surface area (Å²) in [6.45, 7) is 3.10. The predicted octanol–water partition coefficient (Wildman–Crippen LogP) is 2.77. The second-order valence-electron chi connectivity index (χ2n) is 5.26. The van der Waals surface area contributed by atoms with Crippen molar-refractivity contribution in [1.82, 2.24) is 5.32 Å². The summed E-state index contributed by atoms with van der Waals surface area (Å²) in [6, 6.07) is 7.72.